The van der Waals surface area contributed by atoms with E-state index in [9.17, 15) is 9.18 Å². The smallest absolute Gasteiger partial charge is 0.262 e. The molecule has 2 N–H and O–H groups in total. The Morgan fingerprint density at radius 3 is 2.88 bits per heavy atom. The van der Waals surface area contributed by atoms with E-state index < -0.39 is 0 Å². The Hall–Kier alpha value is -2.11. The zero-order chi connectivity index (χ0) is 16.9. The first-order valence-corrected chi connectivity index (χ1v) is 8.20. The molecule has 0 saturated heterocycles. The molecule has 0 unspecified atom stereocenters. The number of halogens is 2. The number of benzene rings is 2. The van der Waals surface area contributed by atoms with E-state index in [0.717, 1.165) is 24.1 Å². The van der Waals surface area contributed by atoms with E-state index in [0.29, 0.717) is 24.3 Å². The summed E-state index contributed by atoms with van der Waals surface area (Å²) in [5, 5.41) is 5.81. The third-order valence-electron chi connectivity index (χ3n) is 4.19. The van der Waals surface area contributed by atoms with Crippen molar-refractivity contribution in [1.29, 1.82) is 0 Å². The third-order valence-corrected chi connectivity index (χ3v) is 4.19. The second kappa shape index (κ2) is 8.83. The fourth-order valence-electron chi connectivity index (χ4n) is 2.90. The van der Waals surface area contributed by atoms with Gasteiger partial charge in [-0.25, -0.2) is 4.39 Å². The van der Waals surface area contributed by atoms with E-state index >= 15 is 0 Å². The van der Waals surface area contributed by atoms with Gasteiger partial charge in [0.25, 0.3) is 5.91 Å². The Bertz CT molecular complexity index is 752. The number of fused-ring (bicyclic) bond motifs is 1. The van der Waals surface area contributed by atoms with E-state index in [4.69, 9.17) is 4.74 Å². The monoisotopic (exact) mass is 364 g/mol. The number of carbonyl (C=O) groups is 1. The molecule has 2 aromatic carbocycles. The van der Waals surface area contributed by atoms with Gasteiger partial charge in [0, 0.05) is 6.54 Å². The molecule has 4 nitrogen and oxygen atoms in total. The van der Waals surface area contributed by atoms with E-state index in [1.165, 1.54) is 0 Å². The maximum absolute atomic E-state index is 14.5. The second-order valence-corrected chi connectivity index (χ2v) is 5.79. The molecule has 0 atom stereocenters. The van der Waals surface area contributed by atoms with Crippen molar-refractivity contribution in [2.24, 2.45) is 0 Å². The van der Waals surface area contributed by atoms with E-state index in [2.05, 4.69) is 10.6 Å². The lowest BCUT2D eigenvalue weighted by Crippen LogP contribution is -2.26. The molecule has 2 aromatic rings. The fourth-order valence-corrected chi connectivity index (χ4v) is 2.90. The number of nitrogens with one attached hydrogen (secondary N) is 2. The highest BCUT2D eigenvalue weighted by molar-refractivity contribution is 5.92. The van der Waals surface area contributed by atoms with E-state index in [1.54, 1.807) is 6.07 Å². The number of aryl methyl sites for hydroxylation is 1. The molecule has 0 aromatic heterocycles. The molecule has 0 spiro atoms. The van der Waals surface area contributed by atoms with Crippen LogP contribution in [0.15, 0.2) is 36.4 Å². The predicted octanol–water partition coefficient (Wildman–Crippen LogP) is 3.47. The number of anilines is 1. The quantitative estimate of drug-likeness (QED) is 0.854. The van der Waals surface area contributed by atoms with Crippen LogP contribution < -0.4 is 15.4 Å². The third kappa shape index (κ3) is 4.50. The first-order valence-electron chi connectivity index (χ1n) is 8.20. The molecular weight excluding hydrogens is 343 g/mol. The van der Waals surface area contributed by atoms with Gasteiger partial charge in [-0.15, -0.1) is 12.4 Å². The van der Waals surface area contributed by atoms with Gasteiger partial charge in [-0.1, -0.05) is 31.2 Å². The normalized spacial score (nSPS) is 12.7. The van der Waals surface area contributed by atoms with Crippen LogP contribution in [0.2, 0.25) is 0 Å². The Balaban J connectivity index is 0.00000225. The summed E-state index contributed by atoms with van der Waals surface area (Å²) in [5.74, 6) is -0.0165. The van der Waals surface area contributed by atoms with Gasteiger partial charge in [-0.3, -0.25) is 4.79 Å². The van der Waals surface area contributed by atoms with E-state index in [1.807, 2.05) is 37.3 Å². The van der Waals surface area contributed by atoms with Crippen molar-refractivity contribution >= 4 is 24.0 Å². The molecule has 6 heteroatoms. The minimum absolute atomic E-state index is 0. The van der Waals surface area contributed by atoms with Crippen LogP contribution >= 0.6 is 12.4 Å². The zero-order valence-electron chi connectivity index (χ0n) is 14.1. The lowest BCUT2D eigenvalue weighted by Gasteiger charge is -2.19. The average molecular weight is 365 g/mol. The predicted molar refractivity (Wildman–Crippen MR) is 99.0 cm³/mol. The van der Waals surface area contributed by atoms with Gasteiger partial charge in [0.05, 0.1) is 5.69 Å². The molecule has 3 rings (SSSR count). The second-order valence-electron chi connectivity index (χ2n) is 5.79. The Morgan fingerprint density at radius 1 is 1.28 bits per heavy atom. The van der Waals surface area contributed by atoms with Crippen LogP contribution in [0.1, 0.15) is 23.6 Å². The number of para-hydroxylation sites is 1. The maximum atomic E-state index is 14.5. The van der Waals surface area contributed by atoms with Crippen molar-refractivity contribution < 1.29 is 13.9 Å². The summed E-state index contributed by atoms with van der Waals surface area (Å²) in [6, 6.07) is 11.1. The number of hydrogen-bond donors (Lipinski definition) is 2. The minimum atomic E-state index is -0.367. The number of carbonyl (C=O) groups excluding carboxylic acids is 1. The van der Waals surface area contributed by atoms with Crippen LogP contribution in [0.3, 0.4) is 0 Å². The van der Waals surface area contributed by atoms with Crippen molar-refractivity contribution in [3.63, 3.8) is 0 Å². The molecule has 25 heavy (non-hydrogen) atoms. The summed E-state index contributed by atoms with van der Waals surface area (Å²) in [6.45, 7) is 3.30. The molecule has 1 amide bonds. The minimum Gasteiger partial charge on any atom is -0.483 e. The molecule has 1 aliphatic heterocycles. The van der Waals surface area contributed by atoms with Crippen molar-refractivity contribution in [3.8, 4) is 5.75 Å². The SMILES string of the molecule is CCc1ccccc1OCC(=O)Nc1ccc2c(c1F)CCNC2.Cl. The van der Waals surface area contributed by atoms with Crippen molar-refractivity contribution in [3.05, 3.63) is 58.9 Å². The molecular formula is C19H22ClFN2O2. The summed E-state index contributed by atoms with van der Waals surface area (Å²) in [5.41, 5.74) is 2.89. The number of hydrogen-bond acceptors (Lipinski definition) is 3. The summed E-state index contributed by atoms with van der Waals surface area (Å²) < 4.78 is 20.1. The van der Waals surface area contributed by atoms with Gasteiger partial charge in [-0.2, -0.15) is 0 Å². The van der Waals surface area contributed by atoms with Crippen molar-refractivity contribution in [2.45, 2.75) is 26.3 Å². The van der Waals surface area contributed by atoms with Gasteiger partial charge in [0.2, 0.25) is 0 Å². The van der Waals surface area contributed by atoms with Gasteiger partial charge in [0.15, 0.2) is 6.61 Å². The van der Waals surface area contributed by atoms with Gasteiger partial charge >= 0.3 is 0 Å². The van der Waals surface area contributed by atoms with Crippen LogP contribution in [-0.2, 0) is 24.2 Å². The van der Waals surface area contributed by atoms with Crippen molar-refractivity contribution in [2.75, 3.05) is 18.5 Å². The highest BCUT2D eigenvalue weighted by atomic mass is 35.5. The molecule has 0 saturated carbocycles. The molecule has 0 bridgehead atoms. The molecule has 134 valence electrons. The first-order chi connectivity index (χ1) is 11.7. The summed E-state index contributed by atoms with van der Waals surface area (Å²) >= 11 is 0. The van der Waals surface area contributed by atoms with Crippen LogP contribution in [-0.4, -0.2) is 19.1 Å². The molecule has 0 fully saturated rings. The zero-order valence-corrected chi connectivity index (χ0v) is 14.9. The largest absolute Gasteiger partial charge is 0.483 e. The Morgan fingerprint density at radius 2 is 2.08 bits per heavy atom. The van der Waals surface area contributed by atoms with Crippen LogP contribution in [0, 0.1) is 5.82 Å². The highest BCUT2D eigenvalue weighted by Gasteiger charge is 2.17. The standard InChI is InChI=1S/C19H21FN2O2.ClH/c1-2-13-5-3-4-6-17(13)24-12-18(23)22-16-8-7-14-11-21-10-9-15(14)19(16)20;/h3-8,21H,2,9-12H2,1H3,(H,22,23);1H. The molecule has 0 aliphatic carbocycles. The van der Waals surface area contributed by atoms with Gasteiger partial charge < -0.3 is 15.4 Å². The van der Waals surface area contributed by atoms with Crippen LogP contribution in [0.4, 0.5) is 10.1 Å². The molecule has 1 aliphatic rings. The Kier molecular flexibility index (Phi) is 6.79. The van der Waals surface area contributed by atoms with Crippen LogP contribution in [0.5, 0.6) is 5.75 Å². The van der Waals surface area contributed by atoms with E-state index in [-0.39, 0.29) is 36.4 Å². The Labute approximate surface area is 153 Å². The lowest BCUT2D eigenvalue weighted by atomic mass is 9.99. The van der Waals surface area contributed by atoms with Crippen LogP contribution in [0.25, 0.3) is 0 Å². The summed E-state index contributed by atoms with van der Waals surface area (Å²) in [4.78, 5) is 12.1. The number of rotatable bonds is 5. The molecule has 0 radical (unpaired) electrons. The van der Waals surface area contributed by atoms with Gasteiger partial charge in [0.1, 0.15) is 11.6 Å². The van der Waals surface area contributed by atoms with Gasteiger partial charge in [-0.05, 0) is 48.2 Å². The molecule has 1 heterocycles. The number of amides is 1. The maximum Gasteiger partial charge on any atom is 0.262 e. The summed E-state index contributed by atoms with van der Waals surface area (Å²) in [6.07, 6.45) is 1.45. The van der Waals surface area contributed by atoms with Crippen molar-refractivity contribution in [1.82, 2.24) is 5.32 Å². The highest BCUT2D eigenvalue weighted by Crippen LogP contribution is 2.24. The lowest BCUT2D eigenvalue weighted by molar-refractivity contribution is -0.118. The topological polar surface area (TPSA) is 50.4 Å². The number of ether oxygens (including phenoxy) is 1. The fraction of sp³-hybridized carbons (Fsp3) is 0.316. The first kappa shape index (κ1) is 19.2. The average Bonchev–Trinajstić information content (AvgIpc) is 2.63. The summed E-state index contributed by atoms with van der Waals surface area (Å²) in [7, 11) is 0.